The van der Waals surface area contributed by atoms with Gasteiger partial charge in [-0.2, -0.15) is 4.91 Å². The number of halogens is 1. The number of carbonyl (C=O) groups is 1. The first kappa shape index (κ1) is 10.9. The van der Waals surface area contributed by atoms with Crippen molar-refractivity contribution >= 4 is 18.4 Å². The molecule has 1 fully saturated rings. The number of carboxylic acid groups (broad SMARTS) is 1. The number of hydrogen-bond acceptors (Lipinski definition) is 2. The molecule has 0 aromatic carbocycles. The normalized spacial score (nSPS) is 21.0. The van der Waals surface area contributed by atoms with Crippen molar-refractivity contribution < 1.29 is 9.90 Å². The lowest BCUT2D eigenvalue weighted by molar-refractivity contribution is -0.142. The maximum Gasteiger partial charge on any atom is 0.349 e. The predicted molar refractivity (Wildman–Crippen MR) is 43.8 cm³/mol. The highest BCUT2D eigenvalue weighted by Gasteiger charge is 2.32. The third-order valence-corrected chi connectivity index (χ3v) is 1.66. The van der Waals surface area contributed by atoms with Crippen molar-refractivity contribution in [3.05, 3.63) is 10.4 Å². The first-order valence-corrected chi connectivity index (χ1v) is 3.30. The molecule has 0 aromatic heterocycles. The molecule has 7 heteroatoms. The zero-order chi connectivity index (χ0) is 8.27. The minimum Gasteiger partial charge on any atom is -0.478 e. The van der Waals surface area contributed by atoms with Crippen LogP contribution < -0.4 is 0 Å². The van der Waals surface area contributed by atoms with E-state index in [2.05, 4.69) is 10.1 Å². The van der Waals surface area contributed by atoms with Crippen LogP contribution in [0.3, 0.4) is 0 Å². The molecular weight excluding hydrogens is 184 g/mol. The van der Waals surface area contributed by atoms with Crippen molar-refractivity contribution in [1.29, 1.82) is 0 Å². The van der Waals surface area contributed by atoms with E-state index in [0.717, 1.165) is 6.42 Å². The molecule has 1 aliphatic heterocycles. The van der Waals surface area contributed by atoms with Gasteiger partial charge >= 0.3 is 5.97 Å². The number of hydrogen-bond donors (Lipinski definition) is 1. The Morgan fingerprint density at radius 3 is 2.92 bits per heavy atom. The van der Waals surface area contributed by atoms with Gasteiger partial charge in [0, 0.05) is 6.42 Å². The molecule has 6 nitrogen and oxygen atoms in total. The van der Waals surface area contributed by atoms with Gasteiger partial charge in [0.1, 0.15) is 0 Å². The second kappa shape index (κ2) is 4.69. The molecule has 1 rings (SSSR count). The quantitative estimate of drug-likeness (QED) is 0.405. The fourth-order valence-corrected chi connectivity index (χ4v) is 1.16. The molecule has 1 heterocycles. The number of aliphatic carboxylic acids is 1. The van der Waals surface area contributed by atoms with E-state index in [1.54, 1.807) is 0 Å². The molecule has 1 aliphatic rings. The summed E-state index contributed by atoms with van der Waals surface area (Å²) in [5.74, 6) is -0.921. The van der Waals surface area contributed by atoms with Gasteiger partial charge < -0.3 is 5.11 Å². The number of nitrogens with zero attached hydrogens (tertiary/aromatic N) is 4. The Hall–Kier alpha value is -1.13. The van der Waals surface area contributed by atoms with E-state index >= 15 is 0 Å². The van der Waals surface area contributed by atoms with Crippen LogP contribution >= 0.6 is 12.4 Å². The topological polar surface area (TPSA) is 89.3 Å². The Kier molecular flexibility index (Phi) is 4.25. The zero-order valence-electron chi connectivity index (χ0n) is 6.25. The van der Waals surface area contributed by atoms with E-state index in [1.807, 2.05) is 0 Å². The van der Waals surface area contributed by atoms with E-state index in [4.69, 9.17) is 10.6 Å². The summed E-state index contributed by atoms with van der Waals surface area (Å²) in [7, 11) is 0. The Balaban J connectivity index is 0.00000121. The molecule has 0 bridgehead atoms. The molecule has 1 unspecified atom stereocenters. The Morgan fingerprint density at radius 1 is 1.75 bits per heavy atom. The number of carboxylic acids is 1. The van der Waals surface area contributed by atoms with Crippen LogP contribution in [0, 0.1) is 0 Å². The second-order valence-corrected chi connectivity index (χ2v) is 2.34. The lowest BCUT2D eigenvalue weighted by Gasteiger charge is -2.10. The van der Waals surface area contributed by atoms with Gasteiger partial charge in [0.15, 0.2) is 6.04 Å². The van der Waals surface area contributed by atoms with Crippen LogP contribution in [-0.2, 0) is 4.79 Å². The van der Waals surface area contributed by atoms with E-state index < -0.39 is 12.0 Å². The first-order chi connectivity index (χ1) is 5.25. The van der Waals surface area contributed by atoms with Gasteiger partial charge in [-0.05, 0) is 11.6 Å². The van der Waals surface area contributed by atoms with Gasteiger partial charge in [-0.25, -0.2) is 9.80 Å². The third-order valence-electron chi connectivity index (χ3n) is 1.66. The summed E-state index contributed by atoms with van der Waals surface area (Å²) >= 11 is 0. The molecule has 0 spiro atoms. The molecule has 0 saturated carbocycles. The lowest BCUT2D eigenvalue weighted by atomic mass is 10.2. The number of azide groups is 1. The van der Waals surface area contributed by atoms with Crippen LogP contribution in [-0.4, -0.2) is 28.7 Å². The molecule has 1 saturated heterocycles. The van der Waals surface area contributed by atoms with E-state index in [9.17, 15) is 4.79 Å². The molecule has 0 amide bonds. The third kappa shape index (κ3) is 2.18. The standard InChI is InChI=1S/C5H8N4O2.ClH/c6-7-8-9-3-1-2-4(9)5(10)11;/h4H,1-3H2,(H,10,11);1H. The van der Waals surface area contributed by atoms with Crippen molar-refractivity contribution in [2.45, 2.75) is 18.9 Å². The van der Waals surface area contributed by atoms with Crippen molar-refractivity contribution in [3.8, 4) is 0 Å². The molecular formula is C5H9ClN4O2. The van der Waals surface area contributed by atoms with Gasteiger partial charge in [-0.1, -0.05) is 0 Å². The van der Waals surface area contributed by atoms with Gasteiger partial charge in [0.05, 0.1) is 6.54 Å². The Bertz CT molecular complexity index is 207. The largest absolute Gasteiger partial charge is 0.478 e. The molecule has 1 N–H and O–H groups in total. The van der Waals surface area contributed by atoms with E-state index in [0.29, 0.717) is 13.0 Å². The van der Waals surface area contributed by atoms with E-state index in [-0.39, 0.29) is 12.4 Å². The molecule has 0 aromatic rings. The summed E-state index contributed by atoms with van der Waals surface area (Å²) in [5, 5.41) is 13.1. The molecule has 12 heavy (non-hydrogen) atoms. The van der Waals surface area contributed by atoms with Crippen molar-refractivity contribution in [1.82, 2.24) is 5.01 Å². The summed E-state index contributed by atoms with van der Waals surface area (Å²) < 4.78 is 0. The minimum atomic E-state index is -0.921. The SMILES string of the molecule is Cl.[N-]=[N+]=NN1CCCC1C(=O)O. The van der Waals surface area contributed by atoms with Crippen LogP contribution in [0.25, 0.3) is 10.4 Å². The van der Waals surface area contributed by atoms with Gasteiger partial charge in [0.2, 0.25) is 0 Å². The van der Waals surface area contributed by atoms with Gasteiger partial charge in [0.25, 0.3) is 0 Å². The summed E-state index contributed by atoms with van der Waals surface area (Å²) in [6.07, 6.45) is 1.34. The maximum absolute atomic E-state index is 10.5. The van der Waals surface area contributed by atoms with Crippen LogP contribution in [0.2, 0.25) is 0 Å². The fraction of sp³-hybridized carbons (Fsp3) is 0.800. The predicted octanol–water partition coefficient (Wildman–Crippen LogP) is 1.18. The zero-order valence-corrected chi connectivity index (χ0v) is 7.07. The molecule has 68 valence electrons. The summed E-state index contributed by atoms with van der Waals surface area (Å²) in [4.78, 5) is 13.0. The van der Waals surface area contributed by atoms with Crippen molar-refractivity contribution in [2.75, 3.05) is 6.54 Å². The van der Waals surface area contributed by atoms with Crippen LogP contribution in [0.1, 0.15) is 12.8 Å². The van der Waals surface area contributed by atoms with E-state index in [1.165, 1.54) is 5.01 Å². The van der Waals surface area contributed by atoms with Crippen molar-refractivity contribution in [2.24, 2.45) is 5.22 Å². The first-order valence-electron chi connectivity index (χ1n) is 3.30. The highest BCUT2D eigenvalue weighted by atomic mass is 35.5. The maximum atomic E-state index is 10.5. The fourth-order valence-electron chi connectivity index (χ4n) is 1.16. The minimum absolute atomic E-state index is 0. The highest BCUT2D eigenvalue weighted by molar-refractivity contribution is 5.85. The number of rotatable bonds is 2. The Labute approximate surface area is 75.2 Å². The summed E-state index contributed by atoms with van der Waals surface area (Å²) in [6.45, 7) is 0.543. The van der Waals surface area contributed by atoms with Gasteiger partial charge in [-0.15, -0.1) is 17.9 Å². The molecule has 0 aliphatic carbocycles. The summed E-state index contributed by atoms with van der Waals surface area (Å²) in [5.41, 5.74) is 8.05. The Morgan fingerprint density at radius 2 is 2.42 bits per heavy atom. The lowest BCUT2D eigenvalue weighted by Crippen LogP contribution is -2.31. The smallest absolute Gasteiger partial charge is 0.349 e. The van der Waals surface area contributed by atoms with Crippen molar-refractivity contribution in [3.63, 3.8) is 0 Å². The van der Waals surface area contributed by atoms with Gasteiger partial charge in [-0.3, -0.25) is 0 Å². The molecule has 0 radical (unpaired) electrons. The monoisotopic (exact) mass is 192 g/mol. The molecule has 1 atom stereocenters. The average Bonchev–Trinajstić information content (AvgIpc) is 2.36. The average molecular weight is 193 g/mol. The summed E-state index contributed by atoms with van der Waals surface area (Å²) in [6, 6.07) is -0.620. The van der Waals surface area contributed by atoms with Crippen LogP contribution in [0.5, 0.6) is 0 Å². The highest BCUT2D eigenvalue weighted by Crippen LogP contribution is 2.17. The van der Waals surface area contributed by atoms with Crippen LogP contribution in [0.4, 0.5) is 0 Å². The van der Waals surface area contributed by atoms with Crippen LogP contribution in [0.15, 0.2) is 5.22 Å². The second-order valence-electron chi connectivity index (χ2n) is 2.34.